The van der Waals surface area contributed by atoms with Gasteiger partial charge in [0, 0.05) is 32.1 Å². The largest absolute Gasteiger partial charge is 0.366 e. The highest BCUT2D eigenvalue weighted by Gasteiger charge is 2.04. The first kappa shape index (κ1) is 12.9. The molecule has 0 amide bonds. The molecule has 0 atom stereocenters. The van der Waals surface area contributed by atoms with Crippen LogP contribution in [0.4, 0.5) is 0 Å². The fourth-order valence-electron chi connectivity index (χ4n) is 1.26. The molecule has 2 aromatic rings. The minimum atomic E-state index is 0.577. The number of hydrogen-bond donors (Lipinski definition) is 0. The Balaban J connectivity index is 2.43. The molecule has 2 heterocycles. The van der Waals surface area contributed by atoms with E-state index in [1.165, 1.54) is 17.3 Å². The third-order valence-electron chi connectivity index (χ3n) is 2.47. The van der Waals surface area contributed by atoms with Crippen LogP contribution >= 0.6 is 0 Å². The van der Waals surface area contributed by atoms with Crippen molar-refractivity contribution in [1.82, 2.24) is 24.8 Å². The Bertz CT molecular complexity index is 569. The van der Waals surface area contributed by atoms with E-state index in [-0.39, 0.29) is 0 Å². The van der Waals surface area contributed by atoms with Crippen LogP contribution in [-0.2, 0) is 0 Å². The van der Waals surface area contributed by atoms with E-state index in [4.69, 9.17) is 0 Å². The van der Waals surface area contributed by atoms with E-state index >= 15 is 0 Å². The molecule has 0 spiro atoms. The van der Waals surface area contributed by atoms with E-state index in [1.54, 1.807) is 12.4 Å². The van der Waals surface area contributed by atoms with Crippen LogP contribution in [0.3, 0.4) is 0 Å². The molecule has 0 aliphatic heterocycles. The van der Waals surface area contributed by atoms with Gasteiger partial charge < -0.3 is 4.90 Å². The lowest BCUT2D eigenvalue weighted by molar-refractivity contribution is 0.619. The van der Waals surface area contributed by atoms with Crippen molar-refractivity contribution in [3.05, 3.63) is 42.7 Å². The maximum absolute atomic E-state index is 4.51. The second-order valence-corrected chi connectivity index (χ2v) is 4.05. The molecule has 0 aromatic carbocycles. The molecule has 7 heteroatoms. The Hall–Kier alpha value is -2.57. The van der Waals surface area contributed by atoms with Crippen molar-refractivity contribution < 1.29 is 0 Å². The topological polar surface area (TPSA) is 71.6 Å². The summed E-state index contributed by atoms with van der Waals surface area (Å²) in [6.07, 6.45) is 6.44. The standard InChI is InChI=1S/C12H15N7/c1-10(18(2)3)16-12(11-4-6-13-7-5-11)17-19-8-14-15-9-19/h4-9H,1-3H3/b16-10?,17-12+. The zero-order valence-electron chi connectivity index (χ0n) is 11.1. The molecule has 2 aromatic heterocycles. The minimum absolute atomic E-state index is 0.577. The van der Waals surface area contributed by atoms with Gasteiger partial charge in [0.1, 0.15) is 18.5 Å². The maximum Gasteiger partial charge on any atom is 0.181 e. The molecule has 0 aliphatic rings. The van der Waals surface area contributed by atoms with Crippen LogP contribution in [0.15, 0.2) is 47.3 Å². The molecule has 2 rings (SSSR count). The predicted molar refractivity (Wildman–Crippen MR) is 73.0 cm³/mol. The fourth-order valence-corrected chi connectivity index (χ4v) is 1.26. The van der Waals surface area contributed by atoms with Gasteiger partial charge in [0.05, 0.1) is 0 Å². The summed E-state index contributed by atoms with van der Waals surface area (Å²) in [5, 5.41) is 11.8. The van der Waals surface area contributed by atoms with Gasteiger partial charge in [0.15, 0.2) is 5.84 Å². The smallest absolute Gasteiger partial charge is 0.181 e. The average molecular weight is 257 g/mol. The summed E-state index contributed by atoms with van der Waals surface area (Å²) < 4.78 is 1.52. The van der Waals surface area contributed by atoms with Crippen LogP contribution in [0.2, 0.25) is 0 Å². The summed E-state index contributed by atoms with van der Waals surface area (Å²) in [5.41, 5.74) is 0.880. The third kappa shape index (κ3) is 3.44. The van der Waals surface area contributed by atoms with Gasteiger partial charge in [-0.05, 0) is 19.1 Å². The van der Waals surface area contributed by atoms with Gasteiger partial charge in [-0.1, -0.05) is 0 Å². The van der Waals surface area contributed by atoms with E-state index in [2.05, 4.69) is 25.3 Å². The lowest BCUT2D eigenvalue weighted by Crippen LogP contribution is -2.20. The first-order valence-corrected chi connectivity index (χ1v) is 5.73. The number of amidine groups is 2. The number of aliphatic imine (C=N–C) groups is 1. The first-order chi connectivity index (χ1) is 9.16. The van der Waals surface area contributed by atoms with Crippen molar-refractivity contribution in [3.63, 3.8) is 0 Å². The van der Waals surface area contributed by atoms with Crippen molar-refractivity contribution in [2.45, 2.75) is 6.92 Å². The minimum Gasteiger partial charge on any atom is -0.366 e. The zero-order valence-corrected chi connectivity index (χ0v) is 11.1. The number of rotatable bonds is 2. The van der Waals surface area contributed by atoms with Gasteiger partial charge in [-0.25, -0.2) is 9.67 Å². The van der Waals surface area contributed by atoms with Gasteiger partial charge in [-0.15, -0.1) is 15.3 Å². The maximum atomic E-state index is 4.51. The molecule has 0 saturated carbocycles. The Morgan fingerprint density at radius 3 is 2.37 bits per heavy atom. The zero-order chi connectivity index (χ0) is 13.7. The van der Waals surface area contributed by atoms with Gasteiger partial charge in [-0.2, -0.15) is 0 Å². The molecule has 0 fully saturated rings. The van der Waals surface area contributed by atoms with E-state index in [0.29, 0.717) is 5.84 Å². The average Bonchev–Trinajstić information content (AvgIpc) is 2.91. The number of aromatic nitrogens is 4. The van der Waals surface area contributed by atoms with Crippen LogP contribution in [-0.4, -0.2) is 50.5 Å². The van der Waals surface area contributed by atoms with Crippen molar-refractivity contribution >= 4 is 11.7 Å². The molecule has 0 aliphatic carbocycles. The Morgan fingerprint density at radius 1 is 1.16 bits per heavy atom. The summed E-state index contributed by atoms with van der Waals surface area (Å²) in [7, 11) is 3.86. The second-order valence-electron chi connectivity index (χ2n) is 4.05. The summed E-state index contributed by atoms with van der Waals surface area (Å²) in [6.45, 7) is 1.92. The van der Waals surface area contributed by atoms with Crippen molar-refractivity contribution in [3.8, 4) is 0 Å². The van der Waals surface area contributed by atoms with Crippen molar-refractivity contribution in [1.29, 1.82) is 0 Å². The second kappa shape index (κ2) is 5.85. The van der Waals surface area contributed by atoms with Crippen molar-refractivity contribution in [2.75, 3.05) is 14.1 Å². The Labute approximate surface area is 111 Å². The Morgan fingerprint density at radius 2 is 1.79 bits per heavy atom. The quantitative estimate of drug-likeness (QED) is 0.591. The highest BCUT2D eigenvalue weighted by atomic mass is 15.4. The third-order valence-corrected chi connectivity index (χ3v) is 2.47. The molecule has 0 radical (unpaired) electrons. The molecule has 98 valence electrons. The molecule has 0 unspecified atom stereocenters. The van der Waals surface area contributed by atoms with Gasteiger partial charge in [0.2, 0.25) is 0 Å². The first-order valence-electron chi connectivity index (χ1n) is 5.73. The summed E-state index contributed by atoms with van der Waals surface area (Å²) in [4.78, 5) is 10.4. The predicted octanol–water partition coefficient (Wildman–Crippen LogP) is 0.863. The van der Waals surface area contributed by atoms with E-state index in [0.717, 1.165) is 11.4 Å². The van der Waals surface area contributed by atoms with Crippen LogP contribution in [0, 0.1) is 0 Å². The summed E-state index contributed by atoms with van der Waals surface area (Å²) in [6, 6.07) is 3.71. The van der Waals surface area contributed by atoms with Crippen LogP contribution in [0.1, 0.15) is 12.5 Å². The molecule has 0 N–H and O–H groups in total. The van der Waals surface area contributed by atoms with Gasteiger partial charge in [-0.3, -0.25) is 4.98 Å². The highest BCUT2D eigenvalue weighted by Crippen LogP contribution is 2.03. The molecule has 7 nitrogen and oxygen atoms in total. The lowest BCUT2D eigenvalue weighted by atomic mass is 10.2. The molecular weight excluding hydrogens is 242 g/mol. The molecule has 0 bridgehead atoms. The lowest BCUT2D eigenvalue weighted by Gasteiger charge is -2.11. The monoisotopic (exact) mass is 257 g/mol. The number of pyridine rings is 1. The van der Waals surface area contributed by atoms with Crippen LogP contribution in [0.5, 0.6) is 0 Å². The molecule has 19 heavy (non-hydrogen) atoms. The van der Waals surface area contributed by atoms with Gasteiger partial charge in [0.25, 0.3) is 0 Å². The number of hydrogen-bond acceptors (Lipinski definition) is 4. The molecular formula is C12H15N7. The fraction of sp³-hybridized carbons (Fsp3) is 0.250. The number of nitrogens with zero attached hydrogens (tertiary/aromatic N) is 7. The van der Waals surface area contributed by atoms with E-state index in [1.807, 2.05) is 38.1 Å². The SMILES string of the molecule is CC(=N/C(=N/n1cnnc1)c1ccncc1)N(C)C. The normalized spacial score (nSPS) is 12.6. The van der Waals surface area contributed by atoms with Gasteiger partial charge >= 0.3 is 0 Å². The van der Waals surface area contributed by atoms with E-state index < -0.39 is 0 Å². The van der Waals surface area contributed by atoms with E-state index in [9.17, 15) is 0 Å². The summed E-state index contributed by atoms with van der Waals surface area (Å²) in [5.74, 6) is 1.43. The van der Waals surface area contributed by atoms with Crippen LogP contribution < -0.4 is 0 Å². The highest BCUT2D eigenvalue weighted by molar-refractivity contribution is 6.05. The van der Waals surface area contributed by atoms with Crippen LogP contribution in [0.25, 0.3) is 0 Å². The Kier molecular flexibility index (Phi) is 3.97. The van der Waals surface area contributed by atoms with Crippen molar-refractivity contribution in [2.24, 2.45) is 10.1 Å². The molecule has 0 saturated heterocycles. The summed E-state index contributed by atoms with van der Waals surface area (Å²) >= 11 is 0.